The molecule has 0 bridgehead atoms. The summed E-state index contributed by atoms with van der Waals surface area (Å²) >= 11 is 0. The van der Waals surface area contributed by atoms with E-state index in [0.717, 1.165) is 23.3 Å². The van der Waals surface area contributed by atoms with E-state index in [1.165, 1.54) is 0 Å². The Labute approximate surface area is 113 Å². The first kappa shape index (κ1) is 14.1. The molecule has 2 N–H and O–H groups in total. The molecule has 104 valence electrons. The maximum atomic E-state index is 9.87. The van der Waals surface area contributed by atoms with Gasteiger partial charge in [-0.15, -0.1) is 0 Å². The zero-order valence-electron chi connectivity index (χ0n) is 11.2. The van der Waals surface area contributed by atoms with Crippen molar-refractivity contribution in [2.24, 2.45) is 0 Å². The van der Waals surface area contributed by atoms with Gasteiger partial charge in [0.25, 0.3) is 0 Å². The van der Waals surface area contributed by atoms with Crippen molar-refractivity contribution in [1.82, 2.24) is 0 Å². The second kappa shape index (κ2) is 6.19. The molecule has 0 heterocycles. The third kappa shape index (κ3) is 3.15. The van der Waals surface area contributed by atoms with E-state index in [2.05, 4.69) is 0 Å². The molecule has 0 amide bonds. The number of ether oxygens (including phenoxy) is 2. The molecule has 0 saturated carbocycles. The Bertz CT molecular complexity index is 438. The van der Waals surface area contributed by atoms with Gasteiger partial charge in [-0.1, -0.05) is 25.1 Å². The molecule has 19 heavy (non-hydrogen) atoms. The molecule has 0 radical (unpaired) electrons. The van der Waals surface area contributed by atoms with Crippen LogP contribution in [0.5, 0.6) is 5.75 Å². The van der Waals surface area contributed by atoms with Crippen molar-refractivity contribution in [2.45, 2.75) is 38.3 Å². The highest BCUT2D eigenvalue weighted by Crippen LogP contribution is 2.25. The summed E-state index contributed by atoms with van der Waals surface area (Å²) in [6, 6.07) is 7.57. The maximum absolute atomic E-state index is 9.87. The molecule has 1 aliphatic rings. The van der Waals surface area contributed by atoms with Crippen molar-refractivity contribution in [3.63, 3.8) is 0 Å². The monoisotopic (exact) mass is 264 g/mol. The van der Waals surface area contributed by atoms with E-state index in [1.54, 1.807) is 7.11 Å². The van der Waals surface area contributed by atoms with Crippen molar-refractivity contribution in [2.75, 3.05) is 7.11 Å². The molecular weight excluding hydrogens is 244 g/mol. The van der Waals surface area contributed by atoms with Gasteiger partial charge < -0.3 is 19.7 Å². The summed E-state index contributed by atoms with van der Waals surface area (Å²) in [4.78, 5) is 0. The summed E-state index contributed by atoms with van der Waals surface area (Å²) in [6.45, 7) is 2.35. The Morgan fingerprint density at radius 3 is 2.37 bits per heavy atom. The van der Waals surface area contributed by atoms with Crippen molar-refractivity contribution >= 4 is 0 Å². The summed E-state index contributed by atoms with van der Waals surface area (Å²) in [6.07, 6.45) is 0.436. The normalized spacial score (nSPS) is 26.3. The quantitative estimate of drug-likeness (QED) is 0.794. The predicted molar refractivity (Wildman–Crippen MR) is 72.0 cm³/mol. The standard InChI is InChI=1S/C15H20O4/c1-3-11-8-13(15(17)14(11)16)19-9-10-4-6-12(18-2)7-5-10/h4-8,13-17H,3,9H2,1-2H3/t13-,14-,15?/m0/s1. The highest BCUT2D eigenvalue weighted by molar-refractivity contribution is 5.27. The average Bonchev–Trinajstić information content (AvgIpc) is 2.73. The fourth-order valence-corrected chi connectivity index (χ4v) is 2.20. The topological polar surface area (TPSA) is 58.9 Å². The summed E-state index contributed by atoms with van der Waals surface area (Å²) in [5.74, 6) is 0.799. The molecular formula is C15H20O4. The van der Waals surface area contributed by atoms with Gasteiger partial charge >= 0.3 is 0 Å². The highest BCUT2D eigenvalue weighted by Gasteiger charge is 2.34. The minimum absolute atomic E-state index is 0.395. The van der Waals surface area contributed by atoms with Gasteiger partial charge in [0.2, 0.25) is 0 Å². The van der Waals surface area contributed by atoms with Crippen LogP contribution in [0.3, 0.4) is 0 Å². The second-order valence-electron chi connectivity index (χ2n) is 4.65. The molecule has 0 aromatic heterocycles. The largest absolute Gasteiger partial charge is 0.497 e. The van der Waals surface area contributed by atoms with Crippen molar-refractivity contribution < 1.29 is 19.7 Å². The fourth-order valence-electron chi connectivity index (χ4n) is 2.20. The van der Waals surface area contributed by atoms with Crippen molar-refractivity contribution in [3.8, 4) is 5.75 Å². The van der Waals surface area contributed by atoms with Gasteiger partial charge in [0.1, 0.15) is 24.1 Å². The number of aliphatic hydroxyl groups is 2. The second-order valence-corrected chi connectivity index (χ2v) is 4.65. The lowest BCUT2D eigenvalue weighted by atomic mass is 10.1. The van der Waals surface area contributed by atoms with Gasteiger partial charge in [-0.2, -0.15) is 0 Å². The highest BCUT2D eigenvalue weighted by atomic mass is 16.5. The Balaban J connectivity index is 1.93. The van der Waals surface area contributed by atoms with Crippen LogP contribution >= 0.6 is 0 Å². The maximum Gasteiger partial charge on any atom is 0.118 e. The number of hydrogen-bond acceptors (Lipinski definition) is 4. The number of rotatable bonds is 5. The SMILES string of the molecule is CCC1=C[C@H](OCc2ccc(OC)cc2)C(O)[C@H]1O. The molecule has 3 atom stereocenters. The molecule has 0 saturated heterocycles. The molecule has 0 spiro atoms. The van der Waals surface area contributed by atoms with Crippen LogP contribution < -0.4 is 4.74 Å². The zero-order valence-corrected chi connectivity index (χ0v) is 11.2. The van der Waals surface area contributed by atoms with Crippen LogP contribution in [0.15, 0.2) is 35.9 Å². The van der Waals surface area contributed by atoms with Gasteiger partial charge in [0.05, 0.1) is 13.7 Å². The van der Waals surface area contributed by atoms with Crippen molar-refractivity contribution in [3.05, 3.63) is 41.5 Å². The van der Waals surface area contributed by atoms with Gasteiger partial charge in [0.15, 0.2) is 0 Å². The summed E-state index contributed by atoms with van der Waals surface area (Å²) < 4.78 is 10.7. The minimum atomic E-state index is -0.867. The summed E-state index contributed by atoms with van der Waals surface area (Å²) in [5.41, 5.74) is 1.84. The molecule has 0 aliphatic heterocycles. The smallest absolute Gasteiger partial charge is 0.118 e. The first-order chi connectivity index (χ1) is 9.15. The minimum Gasteiger partial charge on any atom is -0.497 e. The van der Waals surface area contributed by atoms with Crippen LogP contribution in [0, 0.1) is 0 Å². The summed E-state index contributed by atoms with van der Waals surface area (Å²) in [7, 11) is 1.62. The predicted octanol–water partition coefficient (Wildman–Crippen LogP) is 1.65. The lowest BCUT2D eigenvalue weighted by Gasteiger charge is -2.18. The molecule has 4 heteroatoms. The van der Waals surface area contributed by atoms with Crippen LogP contribution in [0.4, 0.5) is 0 Å². The summed E-state index contributed by atoms with van der Waals surface area (Å²) in [5, 5.41) is 19.7. The van der Waals surface area contributed by atoms with E-state index in [-0.39, 0.29) is 0 Å². The van der Waals surface area contributed by atoms with Crippen LogP contribution in [-0.2, 0) is 11.3 Å². The molecule has 1 unspecified atom stereocenters. The van der Waals surface area contributed by atoms with Gasteiger partial charge in [-0.3, -0.25) is 0 Å². The Kier molecular flexibility index (Phi) is 4.58. The van der Waals surface area contributed by atoms with E-state index < -0.39 is 18.3 Å². The third-order valence-electron chi connectivity index (χ3n) is 3.43. The fraction of sp³-hybridized carbons (Fsp3) is 0.467. The Morgan fingerprint density at radius 1 is 1.16 bits per heavy atom. The molecule has 0 fully saturated rings. The zero-order chi connectivity index (χ0) is 13.8. The van der Waals surface area contributed by atoms with E-state index >= 15 is 0 Å². The van der Waals surface area contributed by atoms with Gasteiger partial charge in [0, 0.05) is 0 Å². The van der Waals surface area contributed by atoms with E-state index in [1.807, 2.05) is 37.3 Å². The first-order valence-corrected chi connectivity index (χ1v) is 6.47. The number of methoxy groups -OCH3 is 1. The van der Waals surface area contributed by atoms with Gasteiger partial charge in [-0.05, 0) is 29.7 Å². The van der Waals surface area contributed by atoms with Crippen LogP contribution in [0.2, 0.25) is 0 Å². The van der Waals surface area contributed by atoms with E-state index in [0.29, 0.717) is 6.61 Å². The van der Waals surface area contributed by atoms with Crippen LogP contribution in [-0.4, -0.2) is 35.6 Å². The lowest BCUT2D eigenvalue weighted by Crippen LogP contribution is -2.32. The number of hydrogen-bond donors (Lipinski definition) is 2. The first-order valence-electron chi connectivity index (χ1n) is 6.47. The van der Waals surface area contributed by atoms with Crippen LogP contribution in [0.25, 0.3) is 0 Å². The van der Waals surface area contributed by atoms with E-state index in [9.17, 15) is 10.2 Å². The number of benzene rings is 1. The Hall–Kier alpha value is -1.36. The molecule has 4 nitrogen and oxygen atoms in total. The Morgan fingerprint density at radius 2 is 1.84 bits per heavy atom. The number of aliphatic hydroxyl groups excluding tert-OH is 2. The lowest BCUT2D eigenvalue weighted by molar-refractivity contribution is -0.0512. The molecule has 1 aromatic rings. The molecule has 2 rings (SSSR count). The average molecular weight is 264 g/mol. The van der Waals surface area contributed by atoms with E-state index in [4.69, 9.17) is 9.47 Å². The van der Waals surface area contributed by atoms with Crippen LogP contribution in [0.1, 0.15) is 18.9 Å². The third-order valence-corrected chi connectivity index (χ3v) is 3.43. The van der Waals surface area contributed by atoms with Crippen molar-refractivity contribution in [1.29, 1.82) is 0 Å². The molecule has 1 aromatic carbocycles. The molecule has 1 aliphatic carbocycles. The van der Waals surface area contributed by atoms with Gasteiger partial charge in [-0.25, -0.2) is 0 Å².